The SMILES string of the molecule is CC1(C)OCC(C2OC(C)(C)OC2CO)O1. The van der Waals surface area contributed by atoms with Crippen molar-refractivity contribution < 1.29 is 24.1 Å². The highest BCUT2D eigenvalue weighted by molar-refractivity contribution is 4.90. The molecule has 0 spiro atoms. The lowest BCUT2D eigenvalue weighted by molar-refractivity contribution is -0.175. The van der Waals surface area contributed by atoms with Crippen LogP contribution in [0, 0.1) is 0 Å². The third-order valence-electron chi connectivity index (χ3n) is 2.80. The van der Waals surface area contributed by atoms with Gasteiger partial charge >= 0.3 is 0 Å². The summed E-state index contributed by atoms with van der Waals surface area (Å²) in [4.78, 5) is 0. The van der Waals surface area contributed by atoms with Gasteiger partial charge in [0.1, 0.15) is 18.3 Å². The smallest absolute Gasteiger partial charge is 0.164 e. The molecular formula is C11H20O5. The molecule has 5 heteroatoms. The lowest BCUT2D eigenvalue weighted by Gasteiger charge is -2.23. The zero-order chi connectivity index (χ0) is 12.0. The molecule has 5 nitrogen and oxygen atoms in total. The predicted octanol–water partition coefficient (Wildman–Crippen LogP) is 0.650. The molecule has 3 atom stereocenters. The molecule has 0 amide bonds. The van der Waals surface area contributed by atoms with E-state index < -0.39 is 11.6 Å². The number of aliphatic hydroxyl groups excluding tert-OH is 1. The van der Waals surface area contributed by atoms with Gasteiger partial charge in [-0.05, 0) is 27.7 Å². The second kappa shape index (κ2) is 3.92. The van der Waals surface area contributed by atoms with E-state index in [-0.39, 0.29) is 24.9 Å². The van der Waals surface area contributed by atoms with Crippen LogP contribution in [0.3, 0.4) is 0 Å². The van der Waals surface area contributed by atoms with Crippen molar-refractivity contribution in [1.29, 1.82) is 0 Å². The van der Waals surface area contributed by atoms with Gasteiger partial charge in [0.2, 0.25) is 0 Å². The van der Waals surface area contributed by atoms with Gasteiger partial charge in [0.15, 0.2) is 11.6 Å². The first-order chi connectivity index (χ1) is 7.33. The Balaban J connectivity index is 2.04. The van der Waals surface area contributed by atoms with Gasteiger partial charge in [-0.2, -0.15) is 0 Å². The second-order valence-corrected chi connectivity index (χ2v) is 5.19. The Morgan fingerprint density at radius 3 is 2.25 bits per heavy atom. The van der Waals surface area contributed by atoms with E-state index in [4.69, 9.17) is 18.9 Å². The van der Waals surface area contributed by atoms with Crippen molar-refractivity contribution in [2.24, 2.45) is 0 Å². The fraction of sp³-hybridized carbons (Fsp3) is 1.00. The minimum Gasteiger partial charge on any atom is -0.394 e. The van der Waals surface area contributed by atoms with Gasteiger partial charge in [-0.25, -0.2) is 0 Å². The van der Waals surface area contributed by atoms with Crippen LogP contribution in [0.4, 0.5) is 0 Å². The number of rotatable bonds is 2. The molecule has 2 aliphatic rings. The first kappa shape index (κ1) is 12.3. The van der Waals surface area contributed by atoms with Crippen LogP contribution < -0.4 is 0 Å². The normalized spacial score (nSPS) is 41.4. The highest BCUT2D eigenvalue weighted by Crippen LogP contribution is 2.35. The van der Waals surface area contributed by atoms with Crippen LogP contribution in [-0.2, 0) is 18.9 Å². The molecule has 16 heavy (non-hydrogen) atoms. The van der Waals surface area contributed by atoms with E-state index in [2.05, 4.69) is 0 Å². The molecule has 0 radical (unpaired) electrons. The zero-order valence-electron chi connectivity index (χ0n) is 10.2. The second-order valence-electron chi connectivity index (χ2n) is 5.19. The quantitative estimate of drug-likeness (QED) is 0.757. The Hall–Kier alpha value is -0.200. The highest BCUT2D eigenvalue weighted by atomic mass is 16.8. The van der Waals surface area contributed by atoms with Gasteiger partial charge < -0.3 is 24.1 Å². The van der Waals surface area contributed by atoms with E-state index in [0.29, 0.717) is 6.61 Å². The Morgan fingerprint density at radius 1 is 1.06 bits per heavy atom. The van der Waals surface area contributed by atoms with Crippen molar-refractivity contribution in [3.05, 3.63) is 0 Å². The lowest BCUT2D eigenvalue weighted by atomic mass is 10.1. The summed E-state index contributed by atoms with van der Waals surface area (Å²) in [6.07, 6.45) is -0.812. The van der Waals surface area contributed by atoms with Gasteiger partial charge in [0.05, 0.1) is 13.2 Å². The summed E-state index contributed by atoms with van der Waals surface area (Å²) in [5, 5.41) is 9.26. The minimum absolute atomic E-state index is 0.0750. The van der Waals surface area contributed by atoms with E-state index in [1.54, 1.807) is 0 Å². The molecule has 0 bridgehead atoms. The van der Waals surface area contributed by atoms with Crippen molar-refractivity contribution in [3.8, 4) is 0 Å². The third kappa shape index (κ3) is 2.38. The van der Waals surface area contributed by atoms with Gasteiger partial charge in [0, 0.05) is 0 Å². The molecule has 1 N–H and O–H groups in total. The molecule has 2 saturated heterocycles. The monoisotopic (exact) mass is 232 g/mol. The molecule has 2 rings (SSSR count). The van der Waals surface area contributed by atoms with Crippen LogP contribution in [0.2, 0.25) is 0 Å². The molecule has 3 unspecified atom stereocenters. The zero-order valence-corrected chi connectivity index (χ0v) is 10.2. The topological polar surface area (TPSA) is 57.2 Å². The maximum atomic E-state index is 9.26. The van der Waals surface area contributed by atoms with Crippen molar-refractivity contribution >= 4 is 0 Å². The maximum absolute atomic E-state index is 9.26. The van der Waals surface area contributed by atoms with Crippen LogP contribution in [0.25, 0.3) is 0 Å². The van der Waals surface area contributed by atoms with Crippen molar-refractivity contribution in [1.82, 2.24) is 0 Å². The summed E-state index contributed by atoms with van der Waals surface area (Å²) in [5.74, 6) is -1.26. The lowest BCUT2D eigenvalue weighted by Crippen LogP contribution is -2.39. The van der Waals surface area contributed by atoms with Crippen LogP contribution in [0.5, 0.6) is 0 Å². The maximum Gasteiger partial charge on any atom is 0.164 e. The molecule has 2 fully saturated rings. The fourth-order valence-electron chi connectivity index (χ4n) is 2.20. The number of hydrogen-bond acceptors (Lipinski definition) is 5. The van der Waals surface area contributed by atoms with Crippen molar-refractivity contribution in [2.75, 3.05) is 13.2 Å². The first-order valence-electron chi connectivity index (χ1n) is 5.61. The number of aliphatic hydroxyl groups is 1. The molecule has 0 aromatic heterocycles. The summed E-state index contributed by atoms with van der Waals surface area (Å²) in [5.41, 5.74) is 0. The van der Waals surface area contributed by atoms with Crippen LogP contribution in [0.1, 0.15) is 27.7 Å². The Kier molecular flexibility index (Phi) is 3.01. The number of hydrogen-bond donors (Lipinski definition) is 1. The molecule has 0 aliphatic carbocycles. The third-order valence-corrected chi connectivity index (χ3v) is 2.80. The Bertz CT molecular complexity index is 263. The largest absolute Gasteiger partial charge is 0.394 e. The molecule has 94 valence electrons. The first-order valence-corrected chi connectivity index (χ1v) is 5.61. The van der Waals surface area contributed by atoms with Crippen molar-refractivity contribution in [2.45, 2.75) is 57.6 Å². The fourth-order valence-corrected chi connectivity index (χ4v) is 2.20. The molecule has 2 aliphatic heterocycles. The average molecular weight is 232 g/mol. The summed E-state index contributed by atoms with van der Waals surface area (Å²) >= 11 is 0. The van der Waals surface area contributed by atoms with E-state index in [9.17, 15) is 5.11 Å². The standard InChI is InChI=1S/C11H20O5/c1-10(2)13-6-8(15-10)9-7(5-12)14-11(3,4)16-9/h7-9,12H,5-6H2,1-4H3. The van der Waals surface area contributed by atoms with E-state index >= 15 is 0 Å². The molecule has 0 aromatic rings. The summed E-state index contributed by atoms with van der Waals surface area (Å²) in [7, 11) is 0. The van der Waals surface area contributed by atoms with Crippen LogP contribution in [-0.4, -0.2) is 48.2 Å². The summed E-state index contributed by atoms with van der Waals surface area (Å²) in [6, 6.07) is 0. The predicted molar refractivity (Wildman–Crippen MR) is 55.8 cm³/mol. The molecule has 0 aromatic carbocycles. The summed E-state index contributed by atoms with van der Waals surface area (Å²) in [6.45, 7) is 7.78. The van der Waals surface area contributed by atoms with E-state index in [0.717, 1.165) is 0 Å². The van der Waals surface area contributed by atoms with E-state index in [1.165, 1.54) is 0 Å². The van der Waals surface area contributed by atoms with Gasteiger partial charge in [-0.1, -0.05) is 0 Å². The Morgan fingerprint density at radius 2 is 1.75 bits per heavy atom. The van der Waals surface area contributed by atoms with E-state index in [1.807, 2.05) is 27.7 Å². The molecule has 2 heterocycles. The number of ether oxygens (including phenoxy) is 4. The van der Waals surface area contributed by atoms with Crippen molar-refractivity contribution in [3.63, 3.8) is 0 Å². The van der Waals surface area contributed by atoms with Crippen LogP contribution in [0.15, 0.2) is 0 Å². The molecule has 0 saturated carbocycles. The molecular weight excluding hydrogens is 212 g/mol. The van der Waals surface area contributed by atoms with Gasteiger partial charge in [0.25, 0.3) is 0 Å². The Labute approximate surface area is 95.6 Å². The average Bonchev–Trinajstić information content (AvgIpc) is 2.65. The highest BCUT2D eigenvalue weighted by Gasteiger charge is 2.49. The summed E-state index contributed by atoms with van der Waals surface area (Å²) < 4.78 is 22.5. The van der Waals surface area contributed by atoms with Gasteiger partial charge in [-0.3, -0.25) is 0 Å². The minimum atomic E-state index is -0.672. The van der Waals surface area contributed by atoms with Crippen LogP contribution >= 0.6 is 0 Å². The van der Waals surface area contributed by atoms with Gasteiger partial charge in [-0.15, -0.1) is 0 Å².